The van der Waals surface area contributed by atoms with Crippen molar-refractivity contribution in [3.8, 4) is 0 Å². The summed E-state index contributed by atoms with van der Waals surface area (Å²) in [6, 6.07) is 0. The molecule has 1 amide bonds. The van der Waals surface area contributed by atoms with E-state index in [0.717, 1.165) is 12.4 Å². The minimum atomic E-state index is -0.496. The number of rotatable bonds is 5. The summed E-state index contributed by atoms with van der Waals surface area (Å²) in [4.78, 5) is 18.8. The Morgan fingerprint density at radius 1 is 1.32 bits per heavy atom. The normalized spacial score (nSPS) is 10.9. The van der Waals surface area contributed by atoms with Crippen LogP contribution in [0.4, 0.5) is 15.1 Å². The van der Waals surface area contributed by atoms with Crippen molar-refractivity contribution < 1.29 is 13.9 Å². The summed E-state index contributed by atoms with van der Waals surface area (Å²) in [6.07, 6.45) is 2.42. The predicted molar refractivity (Wildman–Crippen MR) is 69.3 cm³/mol. The zero-order chi connectivity index (χ0) is 14.3. The molecule has 106 valence electrons. The van der Waals surface area contributed by atoms with Gasteiger partial charge in [0.2, 0.25) is 5.95 Å². The molecule has 0 atom stereocenters. The van der Waals surface area contributed by atoms with E-state index in [9.17, 15) is 9.18 Å². The van der Waals surface area contributed by atoms with Crippen molar-refractivity contribution >= 4 is 12.0 Å². The average molecular weight is 270 g/mol. The van der Waals surface area contributed by atoms with E-state index < -0.39 is 17.5 Å². The molecule has 6 nitrogen and oxygen atoms in total. The molecule has 0 saturated carbocycles. The monoisotopic (exact) mass is 270 g/mol. The molecule has 1 rings (SSSR count). The molecule has 2 N–H and O–H groups in total. The second-order valence-electron chi connectivity index (χ2n) is 4.93. The number of ether oxygens (including phenoxy) is 1. The van der Waals surface area contributed by atoms with E-state index >= 15 is 0 Å². The fraction of sp³-hybridized carbons (Fsp3) is 0.583. The van der Waals surface area contributed by atoms with Gasteiger partial charge < -0.3 is 15.4 Å². The second kappa shape index (κ2) is 6.86. The van der Waals surface area contributed by atoms with Crippen molar-refractivity contribution in [2.24, 2.45) is 0 Å². The van der Waals surface area contributed by atoms with Crippen LogP contribution in [0.2, 0.25) is 0 Å². The van der Waals surface area contributed by atoms with E-state index in [1.54, 1.807) is 20.8 Å². The minimum Gasteiger partial charge on any atom is -0.444 e. The van der Waals surface area contributed by atoms with E-state index in [0.29, 0.717) is 25.5 Å². The Kier molecular flexibility index (Phi) is 5.47. The molecule has 1 aromatic rings. The fourth-order valence-corrected chi connectivity index (χ4v) is 1.20. The van der Waals surface area contributed by atoms with Crippen LogP contribution in [0.15, 0.2) is 12.4 Å². The summed E-state index contributed by atoms with van der Waals surface area (Å²) in [5, 5.41) is 5.55. The van der Waals surface area contributed by atoms with Crippen LogP contribution in [0.1, 0.15) is 27.2 Å². The maximum Gasteiger partial charge on any atom is 0.407 e. The van der Waals surface area contributed by atoms with Gasteiger partial charge in [0.25, 0.3) is 0 Å². The first kappa shape index (κ1) is 15.1. The Morgan fingerprint density at radius 2 is 1.95 bits per heavy atom. The molecule has 0 radical (unpaired) electrons. The van der Waals surface area contributed by atoms with Gasteiger partial charge in [0.1, 0.15) is 5.60 Å². The third kappa shape index (κ3) is 7.17. The molecular weight excluding hydrogens is 251 g/mol. The van der Waals surface area contributed by atoms with Gasteiger partial charge in [-0.25, -0.2) is 19.2 Å². The summed E-state index contributed by atoms with van der Waals surface area (Å²) in [5.74, 6) is -0.115. The first-order chi connectivity index (χ1) is 8.87. The highest BCUT2D eigenvalue weighted by atomic mass is 19.1. The maximum atomic E-state index is 12.5. The number of halogens is 1. The molecule has 0 aliphatic heterocycles. The van der Waals surface area contributed by atoms with E-state index in [1.807, 2.05) is 0 Å². The van der Waals surface area contributed by atoms with E-state index in [4.69, 9.17) is 4.74 Å². The molecule has 0 bridgehead atoms. The lowest BCUT2D eigenvalue weighted by Crippen LogP contribution is -2.33. The van der Waals surface area contributed by atoms with Gasteiger partial charge in [-0.2, -0.15) is 0 Å². The summed E-state index contributed by atoms with van der Waals surface area (Å²) in [5.41, 5.74) is -0.496. The van der Waals surface area contributed by atoms with Crippen molar-refractivity contribution in [1.29, 1.82) is 0 Å². The number of aromatic nitrogens is 2. The number of carbonyl (C=O) groups excluding carboxylic acids is 1. The van der Waals surface area contributed by atoms with Gasteiger partial charge in [0.15, 0.2) is 5.82 Å². The number of hydrogen-bond acceptors (Lipinski definition) is 5. The fourth-order valence-electron chi connectivity index (χ4n) is 1.20. The molecule has 0 saturated heterocycles. The van der Waals surface area contributed by atoms with Gasteiger partial charge in [-0.05, 0) is 27.2 Å². The van der Waals surface area contributed by atoms with Gasteiger partial charge >= 0.3 is 6.09 Å². The number of carbonyl (C=O) groups is 1. The van der Waals surface area contributed by atoms with Gasteiger partial charge in [0, 0.05) is 13.1 Å². The SMILES string of the molecule is CC(C)(C)OC(=O)NCCCNc1ncc(F)cn1. The zero-order valence-corrected chi connectivity index (χ0v) is 11.4. The lowest BCUT2D eigenvalue weighted by Gasteiger charge is -2.19. The van der Waals surface area contributed by atoms with Crippen LogP contribution >= 0.6 is 0 Å². The van der Waals surface area contributed by atoms with Crippen LogP contribution in [-0.2, 0) is 4.74 Å². The third-order valence-electron chi connectivity index (χ3n) is 1.93. The minimum absolute atomic E-state index is 0.360. The van der Waals surface area contributed by atoms with Crippen molar-refractivity contribution in [3.63, 3.8) is 0 Å². The molecule has 19 heavy (non-hydrogen) atoms. The molecule has 7 heteroatoms. The van der Waals surface area contributed by atoms with Crippen LogP contribution in [0.5, 0.6) is 0 Å². The topological polar surface area (TPSA) is 76.1 Å². The molecule has 0 aliphatic rings. The Bertz CT molecular complexity index is 403. The standard InChI is InChI=1S/C12H19FN4O2/c1-12(2,3)19-11(18)15-6-4-5-14-10-16-7-9(13)8-17-10/h7-8H,4-6H2,1-3H3,(H,15,18)(H,14,16,17). The number of hydrogen-bond donors (Lipinski definition) is 2. The first-order valence-corrected chi connectivity index (χ1v) is 6.05. The Hall–Kier alpha value is -1.92. The molecule has 0 aliphatic carbocycles. The van der Waals surface area contributed by atoms with Crippen LogP contribution in [-0.4, -0.2) is 34.8 Å². The summed E-state index contributed by atoms with van der Waals surface area (Å²) < 4.78 is 17.6. The van der Waals surface area contributed by atoms with Crippen LogP contribution in [0, 0.1) is 5.82 Å². The first-order valence-electron chi connectivity index (χ1n) is 6.05. The quantitative estimate of drug-likeness (QED) is 0.800. The number of alkyl carbamates (subject to hydrolysis) is 1. The highest BCUT2D eigenvalue weighted by Gasteiger charge is 2.15. The maximum absolute atomic E-state index is 12.5. The van der Waals surface area contributed by atoms with Crippen LogP contribution in [0.25, 0.3) is 0 Å². The second-order valence-corrected chi connectivity index (χ2v) is 4.93. The molecule has 1 heterocycles. The molecule has 0 aromatic carbocycles. The smallest absolute Gasteiger partial charge is 0.407 e. The summed E-state index contributed by atoms with van der Waals surface area (Å²) in [6.45, 7) is 6.46. The lowest BCUT2D eigenvalue weighted by molar-refractivity contribution is 0.0528. The van der Waals surface area contributed by atoms with Gasteiger partial charge in [-0.3, -0.25) is 0 Å². The van der Waals surface area contributed by atoms with Crippen molar-refractivity contribution in [2.45, 2.75) is 32.8 Å². The zero-order valence-electron chi connectivity index (χ0n) is 11.4. The van der Waals surface area contributed by atoms with Gasteiger partial charge in [-0.1, -0.05) is 0 Å². The predicted octanol–water partition coefficient (Wildman–Crippen LogP) is 1.94. The highest BCUT2D eigenvalue weighted by Crippen LogP contribution is 2.06. The van der Waals surface area contributed by atoms with Gasteiger partial charge in [0.05, 0.1) is 12.4 Å². The lowest BCUT2D eigenvalue weighted by atomic mass is 10.2. The molecule has 0 unspecified atom stereocenters. The number of nitrogens with zero attached hydrogens (tertiary/aromatic N) is 2. The number of amides is 1. The Morgan fingerprint density at radius 3 is 2.53 bits per heavy atom. The van der Waals surface area contributed by atoms with E-state index in [-0.39, 0.29) is 0 Å². The average Bonchev–Trinajstić information content (AvgIpc) is 2.29. The van der Waals surface area contributed by atoms with Crippen molar-refractivity contribution in [3.05, 3.63) is 18.2 Å². The molecule has 1 aromatic heterocycles. The van der Waals surface area contributed by atoms with Crippen LogP contribution < -0.4 is 10.6 Å². The number of nitrogens with one attached hydrogen (secondary N) is 2. The van der Waals surface area contributed by atoms with E-state index in [1.165, 1.54) is 0 Å². The summed E-state index contributed by atoms with van der Waals surface area (Å²) in [7, 11) is 0. The Balaban J connectivity index is 2.11. The third-order valence-corrected chi connectivity index (χ3v) is 1.93. The molecule has 0 spiro atoms. The Labute approximate surface area is 111 Å². The van der Waals surface area contributed by atoms with Crippen molar-refractivity contribution in [1.82, 2.24) is 15.3 Å². The molecular formula is C12H19FN4O2. The largest absolute Gasteiger partial charge is 0.444 e. The van der Waals surface area contributed by atoms with Crippen molar-refractivity contribution in [2.75, 3.05) is 18.4 Å². The van der Waals surface area contributed by atoms with E-state index in [2.05, 4.69) is 20.6 Å². The van der Waals surface area contributed by atoms with Gasteiger partial charge in [-0.15, -0.1) is 0 Å². The highest BCUT2D eigenvalue weighted by molar-refractivity contribution is 5.67. The summed E-state index contributed by atoms with van der Waals surface area (Å²) >= 11 is 0. The molecule has 0 fully saturated rings. The number of anilines is 1. The van der Waals surface area contributed by atoms with Crippen LogP contribution in [0.3, 0.4) is 0 Å².